The number of hydrogen-bond acceptors (Lipinski definition) is 1. The van der Waals surface area contributed by atoms with Gasteiger partial charge in [-0.1, -0.05) is 26.8 Å². The van der Waals surface area contributed by atoms with Crippen LogP contribution >= 0.6 is 0 Å². The maximum atomic E-state index is 3.21. The van der Waals surface area contributed by atoms with Crippen LogP contribution in [0.2, 0.25) is 0 Å². The van der Waals surface area contributed by atoms with Gasteiger partial charge in [0.05, 0.1) is 0 Å². The second-order valence-electron chi connectivity index (χ2n) is 3.37. The molecule has 0 bridgehead atoms. The van der Waals surface area contributed by atoms with Crippen molar-refractivity contribution in [2.45, 2.75) is 20.8 Å². The highest BCUT2D eigenvalue weighted by atomic mass is 14.9. The predicted octanol–water partition coefficient (Wildman–Crippen LogP) is 1.77. The molecular weight excluding hydrogens is 110 g/mol. The van der Waals surface area contributed by atoms with E-state index >= 15 is 0 Å². The Bertz CT molecular complexity index is 127. The van der Waals surface area contributed by atoms with Crippen molar-refractivity contribution in [1.82, 2.24) is 5.32 Å². The first-order valence-corrected chi connectivity index (χ1v) is 3.56. The zero-order chi connectivity index (χ0) is 6.91. The molecular formula is C8H15N. The summed E-state index contributed by atoms with van der Waals surface area (Å²) in [6.07, 6.45) is 4.32. The highest BCUT2D eigenvalue weighted by molar-refractivity contribution is 5.05. The molecule has 0 fully saturated rings. The smallest absolute Gasteiger partial charge is 0.0233 e. The van der Waals surface area contributed by atoms with Crippen molar-refractivity contribution in [3.63, 3.8) is 0 Å². The minimum atomic E-state index is 0.403. The minimum absolute atomic E-state index is 0.403. The van der Waals surface area contributed by atoms with Crippen molar-refractivity contribution in [3.05, 3.63) is 12.3 Å². The molecule has 0 saturated carbocycles. The SMILES string of the molecule is CC(C)C1(C)C=CNC1. The molecule has 1 heterocycles. The molecule has 0 saturated heterocycles. The fourth-order valence-electron chi connectivity index (χ4n) is 0.984. The Balaban J connectivity index is 2.62. The van der Waals surface area contributed by atoms with E-state index in [-0.39, 0.29) is 0 Å². The van der Waals surface area contributed by atoms with Crippen LogP contribution in [-0.2, 0) is 0 Å². The summed E-state index contributed by atoms with van der Waals surface area (Å²) in [5.74, 6) is 0.740. The Morgan fingerprint density at radius 2 is 2.22 bits per heavy atom. The van der Waals surface area contributed by atoms with Crippen LogP contribution in [0.25, 0.3) is 0 Å². The summed E-state index contributed by atoms with van der Waals surface area (Å²) in [7, 11) is 0. The molecule has 1 aliphatic heterocycles. The van der Waals surface area contributed by atoms with Gasteiger partial charge in [-0.15, -0.1) is 0 Å². The van der Waals surface area contributed by atoms with Gasteiger partial charge < -0.3 is 5.32 Å². The van der Waals surface area contributed by atoms with Crippen molar-refractivity contribution < 1.29 is 0 Å². The lowest BCUT2D eigenvalue weighted by molar-refractivity contribution is 0.312. The van der Waals surface area contributed by atoms with E-state index in [1.54, 1.807) is 0 Å². The fourth-order valence-corrected chi connectivity index (χ4v) is 0.984. The van der Waals surface area contributed by atoms with Gasteiger partial charge in [0.25, 0.3) is 0 Å². The highest BCUT2D eigenvalue weighted by Crippen LogP contribution is 2.29. The van der Waals surface area contributed by atoms with Crippen LogP contribution in [0.3, 0.4) is 0 Å². The molecule has 1 aliphatic rings. The molecule has 0 aromatic rings. The molecule has 1 heteroatoms. The molecule has 1 rings (SSSR count). The van der Waals surface area contributed by atoms with Gasteiger partial charge in [-0.05, 0) is 12.1 Å². The summed E-state index contributed by atoms with van der Waals surface area (Å²) >= 11 is 0. The fraction of sp³-hybridized carbons (Fsp3) is 0.750. The number of rotatable bonds is 1. The van der Waals surface area contributed by atoms with Gasteiger partial charge in [0.2, 0.25) is 0 Å². The molecule has 1 nitrogen and oxygen atoms in total. The summed E-state index contributed by atoms with van der Waals surface area (Å²) in [5.41, 5.74) is 0.403. The molecule has 0 spiro atoms. The van der Waals surface area contributed by atoms with Crippen molar-refractivity contribution in [3.8, 4) is 0 Å². The van der Waals surface area contributed by atoms with Gasteiger partial charge in [0, 0.05) is 12.0 Å². The summed E-state index contributed by atoms with van der Waals surface area (Å²) in [6, 6.07) is 0. The second-order valence-corrected chi connectivity index (χ2v) is 3.37. The third kappa shape index (κ3) is 1.09. The van der Waals surface area contributed by atoms with Crippen LogP contribution in [0.15, 0.2) is 12.3 Å². The lowest BCUT2D eigenvalue weighted by Crippen LogP contribution is -2.26. The minimum Gasteiger partial charge on any atom is -0.390 e. The molecule has 1 N–H and O–H groups in total. The van der Waals surface area contributed by atoms with Crippen LogP contribution in [0.4, 0.5) is 0 Å². The van der Waals surface area contributed by atoms with Gasteiger partial charge in [0.15, 0.2) is 0 Å². The van der Waals surface area contributed by atoms with E-state index in [1.807, 2.05) is 0 Å². The van der Waals surface area contributed by atoms with Crippen LogP contribution in [0, 0.1) is 11.3 Å². The van der Waals surface area contributed by atoms with Crippen LogP contribution in [0.1, 0.15) is 20.8 Å². The Morgan fingerprint density at radius 3 is 2.44 bits per heavy atom. The van der Waals surface area contributed by atoms with Crippen molar-refractivity contribution in [2.75, 3.05) is 6.54 Å². The van der Waals surface area contributed by atoms with Crippen LogP contribution < -0.4 is 5.32 Å². The Labute approximate surface area is 57.1 Å². The Hall–Kier alpha value is -0.460. The topological polar surface area (TPSA) is 12.0 Å². The molecule has 0 aliphatic carbocycles. The largest absolute Gasteiger partial charge is 0.390 e. The first kappa shape index (κ1) is 6.66. The van der Waals surface area contributed by atoms with E-state index in [2.05, 4.69) is 38.4 Å². The zero-order valence-corrected chi connectivity index (χ0v) is 6.44. The normalized spacial score (nSPS) is 33.3. The molecule has 1 unspecified atom stereocenters. The van der Waals surface area contributed by atoms with Crippen molar-refractivity contribution >= 4 is 0 Å². The Kier molecular flexibility index (Phi) is 1.52. The zero-order valence-electron chi connectivity index (χ0n) is 6.44. The number of hydrogen-bond donors (Lipinski definition) is 1. The monoisotopic (exact) mass is 125 g/mol. The first-order chi connectivity index (χ1) is 4.15. The van der Waals surface area contributed by atoms with Crippen molar-refractivity contribution in [2.24, 2.45) is 11.3 Å². The van der Waals surface area contributed by atoms with Gasteiger partial charge >= 0.3 is 0 Å². The lowest BCUT2D eigenvalue weighted by atomic mass is 9.81. The standard InChI is InChI=1S/C8H15N/c1-7(2)8(3)4-5-9-6-8/h4-5,7,9H,6H2,1-3H3. The van der Waals surface area contributed by atoms with E-state index in [0.717, 1.165) is 12.5 Å². The Morgan fingerprint density at radius 1 is 1.56 bits per heavy atom. The maximum absolute atomic E-state index is 3.21. The van der Waals surface area contributed by atoms with E-state index < -0.39 is 0 Å². The lowest BCUT2D eigenvalue weighted by Gasteiger charge is -2.25. The van der Waals surface area contributed by atoms with Gasteiger partial charge in [-0.3, -0.25) is 0 Å². The second kappa shape index (κ2) is 2.05. The average molecular weight is 125 g/mol. The van der Waals surface area contributed by atoms with Gasteiger partial charge in [-0.25, -0.2) is 0 Å². The molecule has 0 amide bonds. The maximum Gasteiger partial charge on any atom is 0.0233 e. The molecule has 0 aromatic heterocycles. The molecule has 0 radical (unpaired) electrons. The summed E-state index contributed by atoms with van der Waals surface area (Å²) in [6.45, 7) is 7.91. The summed E-state index contributed by atoms with van der Waals surface area (Å²) < 4.78 is 0. The number of nitrogens with one attached hydrogen (secondary N) is 1. The third-order valence-electron chi connectivity index (χ3n) is 2.38. The summed E-state index contributed by atoms with van der Waals surface area (Å²) in [5, 5.41) is 3.21. The average Bonchev–Trinajstić information content (AvgIpc) is 2.16. The molecule has 0 aromatic carbocycles. The molecule has 9 heavy (non-hydrogen) atoms. The van der Waals surface area contributed by atoms with Gasteiger partial charge in [0.1, 0.15) is 0 Å². The molecule has 52 valence electrons. The van der Waals surface area contributed by atoms with E-state index in [1.165, 1.54) is 0 Å². The van der Waals surface area contributed by atoms with E-state index in [9.17, 15) is 0 Å². The summed E-state index contributed by atoms with van der Waals surface area (Å²) in [4.78, 5) is 0. The van der Waals surface area contributed by atoms with Crippen LogP contribution in [-0.4, -0.2) is 6.54 Å². The predicted molar refractivity (Wildman–Crippen MR) is 40.1 cm³/mol. The van der Waals surface area contributed by atoms with E-state index in [0.29, 0.717) is 5.41 Å². The molecule has 1 atom stereocenters. The van der Waals surface area contributed by atoms with Gasteiger partial charge in [-0.2, -0.15) is 0 Å². The van der Waals surface area contributed by atoms with Crippen LogP contribution in [0.5, 0.6) is 0 Å². The van der Waals surface area contributed by atoms with Crippen molar-refractivity contribution in [1.29, 1.82) is 0 Å². The third-order valence-corrected chi connectivity index (χ3v) is 2.38. The first-order valence-electron chi connectivity index (χ1n) is 3.56. The quantitative estimate of drug-likeness (QED) is 0.563. The highest BCUT2D eigenvalue weighted by Gasteiger charge is 2.27. The van der Waals surface area contributed by atoms with E-state index in [4.69, 9.17) is 0 Å².